The number of hydrogen-bond acceptors (Lipinski definition) is 2. The van der Waals surface area contributed by atoms with E-state index in [4.69, 9.17) is 5.73 Å². The van der Waals surface area contributed by atoms with E-state index < -0.39 is 0 Å². The van der Waals surface area contributed by atoms with Gasteiger partial charge in [-0.2, -0.15) is 0 Å². The number of rotatable bonds is 4. The fourth-order valence-electron chi connectivity index (χ4n) is 1.24. The molecule has 1 aromatic rings. The number of hydrogen-bond donors (Lipinski definition) is 1. The van der Waals surface area contributed by atoms with E-state index in [1.807, 2.05) is 0 Å². The molecule has 1 unspecified atom stereocenters. The van der Waals surface area contributed by atoms with Gasteiger partial charge >= 0.3 is 0 Å². The highest BCUT2D eigenvalue weighted by molar-refractivity contribution is 7.10. The Kier molecular flexibility index (Phi) is 3.50. The Morgan fingerprint density at radius 3 is 2.92 bits per heavy atom. The molecule has 1 aromatic heterocycles. The van der Waals surface area contributed by atoms with Crippen molar-refractivity contribution < 1.29 is 0 Å². The summed E-state index contributed by atoms with van der Waals surface area (Å²) in [6.45, 7) is 6.67. The lowest BCUT2D eigenvalue weighted by atomic mass is 10.00. The summed E-state index contributed by atoms with van der Waals surface area (Å²) < 4.78 is 0. The molecule has 66 valence electrons. The molecule has 1 rings (SSSR count). The van der Waals surface area contributed by atoms with Gasteiger partial charge in [0.2, 0.25) is 0 Å². The summed E-state index contributed by atoms with van der Waals surface area (Å²) in [6.07, 6.45) is 1.01. The van der Waals surface area contributed by atoms with Crippen LogP contribution < -0.4 is 5.73 Å². The van der Waals surface area contributed by atoms with Crippen LogP contribution in [0.2, 0.25) is 0 Å². The van der Waals surface area contributed by atoms with Crippen molar-refractivity contribution in [3.63, 3.8) is 0 Å². The van der Waals surface area contributed by atoms with E-state index in [1.54, 1.807) is 11.3 Å². The molecule has 0 bridgehead atoms. The first-order valence-electron chi connectivity index (χ1n) is 4.12. The van der Waals surface area contributed by atoms with Gasteiger partial charge in [0.15, 0.2) is 0 Å². The maximum Gasteiger partial charge on any atom is 0.00924 e. The Labute approximate surface area is 77.9 Å². The molecule has 0 saturated carbocycles. The van der Waals surface area contributed by atoms with Gasteiger partial charge in [-0.05, 0) is 24.8 Å². The minimum absolute atomic E-state index is 0.475. The van der Waals surface area contributed by atoms with Gasteiger partial charge in [0.1, 0.15) is 0 Å². The Bertz CT molecular complexity index is 238. The summed E-state index contributed by atoms with van der Waals surface area (Å²) in [6, 6.07) is 4.21. The van der Waals surface area contributed by atoms with Crippen molar-refractivity contribution in [2.75, 3.05) is 6.54 Å². The average Bonchev–Trinajstić information content (AvgIpc) is 2.51. The molecule has 12 heavy (non-hydrogen) atoms. The minimum atomic E-state index is 0.475. The summed E-state index contributed by atoms with van der Waals surface area (Å²) in [5.74, 6) is 0.475. The van der Waals surface area contributed by atoms with Crippen molar-refractivity contribution in [1.29, 1.82) is 0 Å². The van der Waals surface area contributed by atoms with Gasteiger partial charge in [-0.15, -0.1) is 17.9 Å². The second-order valence-electron chi connectivity index (χ2n) is 3.11. The number of thiophene rings is 1. The molecule has 1 heterocycles. The Morgan fingerprint density at radius 2 is 2.50 bits per heavy atom. The van der Waals surface area contributed by atoms with E-state index in [2.05, 4.69) is 31.0 Å². The van der Waals surface area contributed by atoms with Crippen LogP contribution >= 0.6 is 11.3 Å². The topological polar surface area (TPSA) is 26.0 Å². The smallest absolute Gasteiger partial charge is 0.00924 e. The molecule has 0 amide bonds. The molecule has 0 aliphatic heterocycles. The molecule has 0 aliphatic rings. The largest absolute Gasteiger partial charge is 0.330 e. The van der Waals surface area contributed by atoms with Crippen molar-refractivity contribution in [2.24, 2.45) is 5.73 Å². The predicted octanol–water partition coefficient (Wildman–Crippen LogP) is 2.76. The molecule has 1 atom stereocenters. The van der Waals surface area contributed by atoms with Gasteiger partial charge in [0, 0.05) is 17.3 Å². The molecule has 0 fully saturated rings. The maximum absolute atomic E-state index is 5.68. The summed E-state index contributed by atoms with van der Waals surface area (Å²) in [4.78, 5) is 1.38. The second-order valence-corrected chi connectivity index (χ2v) is 4.09. The van der Waals surface area contributed by atoms with E-state index in [0.29, 0.717) is 12.5 Å². The Balaban J connectivity index is 2.63. The Morgan fingerprint density at radius 1 is 1.75 bits per heavy atom. The molecule has 1 nitrogen and oxygen atoms in total. The third kappa shape index (κ3) is 2.47. The lowest BCUT2D eigenvalue weighted by Crippen LogP contribution is -2.11. The average molecular weight is 181 g/mol. The zero-order valence-electron chi connectivity index (χ0n) is 7.42. The molecular formula is C10H15NS. The van der Waals surface area contributed by atoms with Gasteiger partial charge < -0.3 is 5.73 Å². The maximum atomic E-state index is 5.68. The van der Waals surface area contributed by atoms with Crippen LogP contribution in [-0.4, -0.2) is 6.54 Å². The number of nitrogens with two attached hydrogens (primary N) is 1. The van der Waals surface area contributed by atoms with Gasteiger partial charge in [0.25, 0.3) is 0 Å². The van der Waals surface area contributed by atoms with Crippen molar-refractivity contribution in [3.8, 4) is 0 Å². The normalized spacial score (nSPS) is 12.8. The lowest BCUT2D eigenvalue weighted by Gasteiger charge is -2.11. The van der Waals surface area contributed by atoms with Crippen LogP contribution in [0.4, 0.5) is 0 Å². The van der Waals surface area contributed by atoms with E-state index in [9.17, 15) is 0 Å². The zero-order chi connectivity index (χ0) is 8.97. The van der Waals surface area contributed by atoms with Crippen molar-refractivity contribution in [3.05, 3.63) is 34.5 Å². The summed E-state index contributed by atoms with van der Waals surface area (Å²) in [5.41, 5.74) is 6.89. The van der Waals surface area contributed by atoms with E-state index in [0.717, 1.165) is 6.42 Å². The van der Waals surface area contributed by atoms with Crippen LogP contribution in [0.25, 0.3) is 0 Å². The highest BCUT2D eigenvalue weighted by Gasteiger charge is 2.09. The summed E-state index contributed by atoms with van der Waals surface area (Å²) >= 11 is 1.78. The molecule has 0 radical (unpaired) electrons. The summed E-state index contributed by atoms with van der Waals surface area (Å²) in [7, 11) is 0. The van der Waals surface area contributed by atoms with E-state index >= 15 is 0 Å². The number of allylic oxidation sites excluding steroid dienone is 1. The first-order valence-corrected chi connectivity index (χ1v) is 5.00. The molecule has 0 spiro atoms. The Hall–Kier alpha value is -0.600. The van der Waals surface area contributed by atoms with E-state index in [-0.39, 0.29) is 0 Å². The van der Waals surface area contributed by atoms with Crippen molar-refractivity contribution >= 4 is 11.3 Å². The third-order valence-corrected chi connectivity index (χ3v) is 2.86. The third-order valence-electron chi connectivity index (χ3n) is 1.82. The fourth-order valence-corrected chi connectivity index (χ4v) is 2.09. The molecule has 0 saturated heterocycles. The van der Waals surface area contributed by atoms with Crippen LogP contribution in [-0.2, 0) is 0 Å². The van der Waals surface area contributed by atoms with Crippen LogP contribution in [0.1, 0.15) is 24.1 Å². The first-order chi connectivity index (χ1) is 5.74. The van der Waals surface area contributed by atoms with Crippen LogP contribution in [0.3, 0.4) is 0 Å². The molecule has 0 aliphatic carbocycles. The van der Waals surface area contributed by atoms with Crippen LogP contribution in [0.15, 0.2) is 29.7 Å². The van der Waals surface area contributed by atoms with Crippen LogP contribution in [0, 0.1) is 0 Å². The highest BCUT2D eigenvalue weighted by Crippen LogP contribution is 2.25. The minimum Gasteiger partial charge on any atom is -0.330 e. The molecule has 2 N–H and O–H groups in total. The van der Waals surface area contributed by atoms with Gasteiger partial charge in [-0.25, -0.2) is 0 Å². The monoisotopic (exact) mass is 181 g/mol. The quantitative estimate of drug-likeness (QED) is 0.710. The van der Waals surface area contributed by atoms with Crippen molar-refractivity contribution in [1.82, 2.24) is 0 Å². The van der Waals surface area contributed by atoms with Gasteiger partial charge in [0.05, 0.1) is 0 Å². The highest BCUT2D eigenvalue weighted by atomic mass is 32.1. The van der Waals surface area contributed by atoms with Crippen molar-refractivity contribution in [2.45, 2.75) is 19.3 Å². The lowest BCUT2D eigenvalue weighted by molar-refractivity contribution is 0.703. The SMILES string of the molecule is C=C(C)CC(CN)c1cccs1. The molecular weight excluding hydrogens is 166 g/mol. The molecule has 0 aromatic carbocycles. The zero-order valence-corrected chi connectivity index (χ0v) is 8.23. The van der Waals surface area contributed by atoms with Crippen LogP contribution in [0.5, 0.6) is 0 Å². The van der Waals surface area contributed by atoms with E-state index in [1.165, 1.54) is 10.5 Å². The standard InChI is InChI=1S/C10H15NS/c1-8(2)6-9(7-11)10-4-3-5-12-10/h3-5,9H,1,6-7,11H2,2H3. The van der Waals surface area contributed by atoms with Gasteiger partial charge in [-0.3, -0.25) is 0 Å². The molecule has 2 heteroatoms. The second kappa shape index (κ2) is 4.43. The fraction of sp³-hybridized carbons (Fsp3) is 0.400. The summed E-state index contributed by atoms with van der Waals surface area (Å²) in [5, 5.41) is 2.09. The predicted molar refractivity (Wildman–Crippen MR) is 55.5 cm³/mol. The first kappa shape index (κ1) is 9.49. The van der Waals surface area contributed by atoms with Gasteiger partial charge in [-0.1, -0.05) is 11.6 Å².